The number of pyridine rings is 1. The number of piperidine rings is 1. The lowest BCUT2D eigenvalue weighted by Gasteiger charge is -2.22. The summed E-state index contributed by atoms with van der Waals surface area (Å²) in [5, 5.41) is 13.0. The molecule has 2 aromatic heterocycles. The number of aromatic nitrogens is 3. The largest absolute Gasteiger partial charge is 0.319 e. The summed E-state index contributed by atoms with van der Waals surface area (Å²) in [5.74, 6) is -3.32. The highest BCUT2D eigenvalue weighted by Gasteiger charge is 2.78. The van der Waals surface area contributed by atoms with Crippen molar-refractivity contribution < 1.29 is 13.6 Å². The fraction of sp³-hybridized carbons (Fsp3) is 0.550. The van der Waals surface area contributed by atoms with Crippen molar-refractivity contribution in [1.29, 1.82) is 0 Å². The van der Waals surface area contributed by atoms with Crippen LogP contribution < -0.4 is 10.6 Å². The molecule has 2 aromatic rings. The molecule has 1 amide bonds. The Labute approximate surface area is 161 Å². The highest BCUT2D eigenvalue weighted by molar-refractivity contribution is 6.04. The van der Waals surface area contributed by atoms with Crippen LogP contribution in [0.15, 0.2) is 18.3 Å². The fourth-order valence-electron chi connectivity index (χ4n) is 4.82. The fourth-order valence-corrected chi connectivity index (χ4v) is 4.82. The Kier molecular flexibility index (Phi) is 3.84. The van der Waals surface area contributed by atoms with Crippen molar-refractivity contribution in [3.8, 4) is 0 Å². The number of fused-ring (bicyclic) bond motifs is 2. The number of alkyl halides is 2. The highest BCUT2D eigenvalue weighted by atomic mass is 19.3. The summed E-state index contributed by atoms with van der Waals surface area (Å²) < 4.78 is 28.1. The Balaban J connectivity index is 1.30. The van der Waals surface area contributed by atoms with E-state index in [1.165, 1.54) is 0 Å². The van der Waals surface area contributed by atoms with Crippen LogP contribution in [0.5, 0.6) is 0 Å². The monoisotopic (exact) mass is 387 g/mol. The minimum atomic E-state index is -2.67. The van der Waals surface area contributed by atoms with Gasteiger partial charge in [0.15, 0.2) is 5.69 Å². The van der Waals surface area contributed by atoms with Gasteiger partial charge >= 0.3 is 0 Å². The molecule has 0 spiro atoms. The zero-order valence-corrected chi connectivity index (χ0v) is 15.7. The first-order valence-electron chi connectivity index (χ1n) is 9.82. The van der Waals surface area contributed by atoms with Gasteiger partial charge in [-0.05, 0) is 44.5 Å². The Hall–Kier alpha value is -2.35. The number of aromatic amines is 1. The van der Waals surface area contributed by atoms with E-state index in [2.05, 4.69) is 25.8 Å². The van der Waals surface area contributed by atoms with Gasteiger partial charge in [0.2, 0.25) is 0 Å². The summed E-state index contributed by atoms with van der Waals surface area (Å²) >= 11 is 0. The minimum Gasteiger partial charge on any atom is -0.319 e. The lowest BCUT2D eigenvalue weighted by atomic mass is 9.87. The summed E-state index contributed by atoms with van der Waals surface area (Å²) in [6.07, 6.45) is 4.18. The zero-order valence-electron chi connectivity index (χ0n) is 15.7. The summed E-state index contributed by atoms with van der Waals surface area (Å²) in [6, 6.07) is 3.79. The quantitative estimate of drug-likeness (QED) is 0.756. The van der Waals surface area contributed by atoms with Crippen molar-refractivity contribution in [2.45, 2.75) is 44.4 Å². The molecule has 1 unspecified atom stereocenters. The number of rotatable bonds is 3. The molecule has 3 aliphatic rings. The van der Waals surface area contributed by atoms with E-state index in [-0.39, 0.29) is 24.4 Å². The van der Waals surface area contributed by atoms with Gasteiger partial charge in [-0.15, -0.1) is 0 Å². The van der Waals surface area contributed by atoms with Crippen molar-refractivity contribution >= 4 is 11.6 Å². The molecule has 8 heteroatoms. The molecule has 148 valence electrons. The van der Waals surface area contributed by atoms with Crippen LogP contribution in [0.25, 0.3) is 0 Å². The van der Waals surface area contributed by atoms with Crippen molar-refractivity contribution in [3.63, 3.8) is 0 Å². The number of anilines is 1. The number of halogens is 2. The normalized spacial score (nSPS) is 28.3. The number of carbonyl (C=O) groups excluding carboxylic acids is 1. The van der Waals surface area contributed by atoms with Gasteiger partial charge < -0.3 is 10.6 Å². The van der Waals surface area contributed by atoms with Crippen LogP contribution in [-0.2, 0) is 12.8 Å². The molecule has 0 radical (unpaired) electrons. The van der Waals surface area contributed by atoms with E-state index in [1.807, 2.05) is 12.1 Å². The summed E-state index contributed by atoms with van der Waals surface area (Å²) in [7, 11) is 0. The van der Waals surface area contributed by atoms with Gasteiger partial charge in [-0.1, -0.05) is 6.92 Å². The third kappa shape index (κ3) is 2.57. The van der Waals surface area contributed by atoms with Crippen LogP contribution >= 0.6 is 0 Å². The second-order valence-electron chi connectivity index (χ2n) is 8.45. The average molecular weight is 387 g/mol. The summed E-state index contributed by atoms with van der Waals surface area (Å²) in [5.41, 5.74) is 2.09. The molecular formula is C20H23F2N5O. The van der Waals surface area contributed by atoms with Gasteiger partial charge in [0.1, 0.15) is 0 Å². The SMILES string of the molecule is C[C@@]12Cc3[nH]nc(C(=O)Nc4ccc(C5CCNCC5)nc4)c3CC1C2(F)F. The predicted molar refractivity (Wildman–Crippen MR) is 99.6 cm³/mol. The first kappa shape index (κ1) is 17.7. The van der Waals surface area contributed by atoms with Gasteiger partial charge in [-0.25, -0.2) is 8.78 Å². The Morgan fingerprint density at radius 2 is 2.07 bits per heavy atom. The number of hydrogen-bond donors (Lipinski definition) is 3. The standard InChI is InChI=1S/C20H23F2N5O/c1-19-9-15-13(8-16(19)20(19,21)22)17(27-26-15)18(28)25-12-2-3-14(24-10-12)11-4-6-23-7-5-11/h2-3,10-11,16,23H,4-9H2,1H3,(H,25,28)(H,26,27)/t16?,19-/m1/s1. The number of amides is 1. The van der Waals surface area contributed by atoms with Crippen LogP contribution in [0.3, 0.4) is 0 Å². The van der Waals surface area contributed by atoms with E-state index >= 15 is 0 Å². The first-order chi connectivity index (χ1) is 13.4. The van der Waals surface area contributed by atoms with Crippen molar-refractivity contribution in [2.75, 3.05) is 18.4 Å². The van der Waals surface area contributed by atoms with Gasteiger partial charge in [0.05, 0.1) is 11.9 Å². The smallest absolute Gasteiger partial charge is 0.276 e. The molecule has 3 N–H and O–H groups in total. The first-order valence-corrected chi connectivity index (χ1v) is 9.82. The molecule has 3 heterocycles. The number of H-pyrrole nitrogens is 1. The molecule has 28 heavy (non-hydrogen) atoms. The maximum atomic E-state index is 14.1. The molecule has 2 aliphatic carbocycles. The molecule has 2 atom stereocenters. The summed E-state index contributed by atoms with van der Waals surface area (Å²) in [6.45, 7) is 3.60. The number of carbonyl (C=O) groups is 1. The van der Waals surface area contributed by atoms with Crippen LogP contribution in [-0.4, -0.2) is 40.1 Å². The second kappa shape index (κ2) is 6.07. The molecule has 2 fully saturated rings. The Morgan fingerprint density at radius 3 is 2.79 bits per heavy atom. The van der Waals surface area contributed by atoms with E-state index in [4.69, 9.17) is 0 Å². The van der Waals surface area contributed by atoms with Gasteiger partial charge in [-0.3, -0.25) is 14.9 Å². The molecule has 1 aliphatic heterocycles. The molecule has 5 rings (SSSR count). The number of nitrogens with zero attached hydrogens (tertiary/aromatic N) is 2. The minimum absolute atomic E-state index is 0.186. The Bertz CT molecular complexity index is 919. The third-order valence-electron chi connectivity index (χ3n) is 6.81. The van der Waals surface area contributed by atoms with Gasteiger partial charge in [0.25, 0.3) is 11.8 Å². The lowest BCUT2D eigenvalue weighted by Crippen LogP contribution is -2.27. The predicted octanol–water partition coefficient (Wildman–Crippen LogP) is 2.89. The maximum absolute atomic E-state index is 14.1. The lowest BCUT2D eigenvalue weighted by molar-refractivity contribution is 0.0631. The maximum Gasteiger partial charge on any atom is 0.276 e. The van der Waals surface area contributed by atoms with Crippen LogP contribution in [0.1, 0.15) is 53.1 Å². The van der Waals surface area contributed by atoms with Crippen LogP contribution in [0.2, 0.25) is 0 Å². The van der Waals surface area contributed by atoms with Crippen LogP contribution in [0.4, 0.5) is 14.5 Å². The molecule has 0 aromatic carbocycles. The third-order valence-corrected chi connectivity index (χ3v) is 6.81. The molecule has 1 saturated heterocycles. The van der Waals surface area contributed by atoms with Crippen molar-refractivity contribution in [1.82, 2.24) is 20.5 Å². The Morgan fingerprint density at radius 1 is 1.29 bits per heavy atom. The second-order valence-corrected chi connectivity index (χ2v) is 8.45. The summed E-state index contributed by atoms with van der Waals surface area (Å²) in [4.78, 5) is 17.2. The van der Waals surface area contributed by atoms with E-state index < -0.39 is 17.3 Å². The molecule has 1 saturated carbocycles. The van der Waals surface area contributed by atoms with E-state index in [0.29, 0.717) is 22.9 Å². The highest BCUT2D eigenvalue weighted by Crippen LogP contribution is 2.70. The molecule has 0 bridgehead atoms. The van der Waals surface area contributed by atoms with Gasteiger partial charge in [0, 0.05) is 40.6 Å². The average Bonchev–Trinajstić information content (AvgIpc) is 2.97. The number of hydrogen-bond acceptors (Lipinski definition) is 4. The van der Waals surface area contributed by atoms with E-state index in [0.717, 1.165) is 31.6 Å². The molecular weight excluding hydrogens is 364 g/mol. The van der Waals surface area contributed by atoms with Crippen LogP contribution in [0, 0.1) is 11.3 Å². The zero-order chi connectivity index (χ0) is 19.5. The number of nitrogens with one attached hydrogen (secondary N) is 3. The molecule has 6 nitrogen and oxygen atoms in total. The van der Waals surface area contributed by atoms with E-state index in [1.54, 1.807) is 13.1 Å². The van der Waals surface area contributed by atoms with Crippen molar-refractivity contribution in [3.05, 3.63) is 41.0 Å². The topological polar surface area (TPSA) is 82.7 Å². The van der Waals surface area contributed by atoms with Gasteiger partial charge in [-0.2, -0.15) is 5.10 Å². The van der Waals surface area contributed by atoms with E-state index in [9.17, 15) is 13.6 Å². The van der Waals surface area contributed by atoms with Crippen molar-refractivity contribution in [2.24, 2.45) is 11.3 Å².